The van der Waals surface area contributed by atoms with Gasteiger partial charge in [0.25, 0.3) is 11.9 Å². The molecule has 0 radical (unpaired) electrons. The highest BCUT2D eigenvalue weighted by Gasteiger charge is 2.52. The highest BCUT2D eigenvalue weighted by Crippen LogP contribution is 2.41. The van der Waals surface area contributed by atoms with E-state index in [0.717, 1.165) is 12.1 Å². The Morgan fingerprint density at radius 1 is 1.33 bits per heavy atom. The van der Waals surface area contributed by atoms with E-state index in [9.17, 15) is 26.7 Å². The summed E-state index contributed by atoms with van der Waals surface area (Å²) >= 11 is 5.69. The number of aromatic nitrogens is 2. The third-order valence-electron chi connectivity index (χ3n) is 4.18. The molecule has 3 heterocycles. The molecule has 160 valence electrons. The molecule has 2 atom stereocenters. The molecule has 0 bridgehead atoms. The van der Waals surface area contributed by atoms with Crippen LogP contribution >= 0.6 is 11.6 Å². The zero-order chi connectivity index (χ0) is 22.1. The van der Waals surface area contributed by atoms with E-state index in [1.54, 1.807) is 0 Å². The van der Waals surface area contributed by atoms with Gasteiger partial charge in [-0.2, -0.15) is 13.2 Å². The lowest BCUT2D eigenvalue weighted by Gasteiger charge is -2.35. The maximum atomic E-state index is 14.4. The summed E-state index contributed by atoms with van der Waals surface area (Å²) in [5.41, 5.74) is 2.09. The quantitative estimate of drug-likeness (QED) is 0.697. The number of alkyl halides is 4. The second-order valence-electron chi connectivity index (χ2n) is 6.31. The predicted molar refractivity (Wildman–Crippen MR) is 96.2 cm³/mol. The molecule has 3 rings (SSSR count). The average Bonchev–Trinajstić information content (AvgIpc) is 2.68. The number of hydrogen-bond acceptors (Lipinski definition) is 6. The number of anilines is 1. The first-order valence-corrected chi connectivity index (χ1v) is 8.66. The van der Waals surface area contributed by atoms with Gasteiger partial charge >= 0.3 is 6.18 Å². The minimum Gasteiger partial charge on any atom is -0.452 e. The predicted octanol–water partition coefficient (Wildman–Crippen LogP) is 3.35. The molecule has 7 nitrogen and oxygen atoms in total. The molecule has 2 unspecified atom stereocenters. The topological polar surface area (TPSA) is 102 Å². The van der Waals surface area contributed by atoms with Crippen molar-refractivity contribution in [3.05, 3.63) is 52.7 Å². The average molecular weight is 450 g/mol. The van der Waals surface area contributed by atoms with Crippen LogP contribution in [0.3, 0.4) is 0 Å². The van der Waals surface area contributed by atoms with E-state index in [4.69, 9.17) is 17.3 Å². The van der Waals surface area contributed by atoms with Gasteiger partial charge in [-0.3, -0.25) is 4.79 Å². The summed E-state index contributed by atoms with van der Waals surface area (Å²) in [7, 11) is 0. The lowest BCUT2D eigenvalue weighted by Crippen LogP contribution is -2.48. The van der Waals surface area contributed by atoms with E-state index in [1.165, 1.54) is 18.3 Å². The summed E-state index contributed by atoms with van der Waals surface area (Å²) < 4.78 is 72.2. The Balaban J connectivity index is 1.96. The number of amides is 1. The molecular weight excluding hydrogens is 437 g/mol. The standard InChI is InChI=1S/C17H13ClF5N5O2/c18-8-1-3-10(25-6-8)14(29)27-12-4-2-9(20)13(26-12)16(7-19)5-11(17(21,22)23)30-15(24)28-16/h1-4,6,11H,5,7H2,(H2,24,28)(H,26,27,29). The summed E-state index contributed by atoms with van der Waals surface area (Å²) in [5.74, 6) is -2.14. The summed E-state index contributed by atoms with van der Waals surface area (Å²) in [6.45, 7) is -1.54. The SMILES string of the molecule is NC1=NC(CF)(c2nc(NC(=O)c3ccc(Cl)cn3)ccc2F)CC(C(F)(F)F)O1. The third-order valence-corrected chi connectivity index (χ3v) is 4.41. The van der Waals surface area contributed by atoms with Gasteiger partial charge in [-0.15, -0.1) is 0 Å². The van der Waals surface area contributed by atoms with Crippen LogP contribution in [0, 0.1) is 5.82 Å². The molecule has 0 saturated carbocycles. The lowest BCUT2D eigenvalue weighted by molar-refractivity contribution is -0.209. The van der Waals surface area contributed by atoms with Crippen LogP contribution in [0.15, 0.2) is 35.5 Å². The van der Waals surface area contributed by atoms with Gasteiger partial charge in [0.15, 0.2) is 6.10 Å². The number of ether oxygens (including phenoxy) is 1. The third kappa shape index (κ3) is 4.42. The number of halogens is 6. The van der Waals surface area contributed by atoms with Crippen LogP contribution < -0.4 is 11.1 Å². The number of nitrogens with one attached hydrogen (secondary N) is 1. The molecule has 2 aromatic heterocycles. The van der Waals surface area contributed by atoms with E-state index in [0.29, 0.717) is 0 Å². The van der Waals surface area contributed by atoms with Gasteiger partial charge in [0.2, 0.25) is 0 Å². The normalized spacial score (nSPS) is 21.5. The summed E-state index contributed by atoms with van der Waals surface area (Å²) in [6, 6.07) is 3.62. The van der Waals surface area contributed by atoms with Crippen LogP contribution in [-0.2, 0) is 10.3 Å². The molecule has 30 heavy (non-hydrogen) atoms. The zero-order valence-corrected chi connectivity index (χ0v) is 15.6. The molecule has 13 heteroatoms. The maximum Gasteiger partial charge on any atom is 0.425 e. The van der Waals surface area contributed by atoms with Gasteiger partial charge in [-0.1, -0.05) is 11.6 Å². The van der Waals surface area contributed by atoms with Gasteiger partial charge in [-0.25, -0.2) is 23.7 Å². The number of nitrogens with two attached hydrogens (primary N) is 1. The van der Waals surface area contributed by atoms with Gasteiger partial charge in [0.05, 0.1) is 5.02 Å². The van der Waals surface area contributed by atoms with Gasteiger partial charge in [-0.05, 0) is 24.3 Å². The van der Waals surface area contributed by atoms with E-state index in [-0.39, 0.29) is 16.5 Å². The van der Waals surface area contributed by atoms with Gasteiger partial charge in [0.1, 0.15) is 35.2 Å². The Bertz CT molecular complexity index is 985. The lowest BCUT2D eigenvalue weighted by atomic mass is 9.88. The van der Waals surface area contributed by atoms with Crippen LogP contribution in [0.1, 0.15) is 22.6 Å². The molecular formula is C17H13ClF5N5O2. The van der Waals surface area contributed by atoms with Crippen LogP contribution in [0.4, 0.5) is 27.8 Å². The van der Waals surface area contributed by atoms with Crippen LogP contribution in [-0.4, -0.2) is 40.9 Å². The van der Waals surface area contributed by atoms with E-state index in [2.05, 4.69) is 25.0 Å². The second kappa shape index (κ2) is 8.01. The van der Waals surface area contributed by atoms with Gasteiger partial charge in [0, 0.05) is 12.6 Å². The van der Waals surface area contributed by atoms with Gasteiger partial charge < -0.3 is 15.8 Å². The van der Waals surface area contributed by atoms with E-state index in [1.807, 2.05) is 0 Å². The number of hydrogen-bond donors (Lipinski definition) is 2. The molecule has 2 aromatic rings. The minimum atomic E-state index is -4.90. The largest absolute Gasteiger partial charge is 0.452 e. The number of carbonyl (C=O) groups excluding carboxylic acids is 1. The molecule has 0 spiro atoms. The van der Waals surface area contributed by atoms with Crippen molar-refractivity contribution in [1.29, 1.82) is 0 Å². The van der Waals surface area contributed by atoms with E-state index < -0.39 is 54.4 Å². The fourth-order valence-corrected chi connectivity index (χ4v) is 2.90. The number of carbonyl (C=O) groups is 1. The number of amidine groups is 1. The molecule has 3 N–H and O–H groups in total. The molecule has 1 aliphatic rings. The smallest absolute Gasteiger partial charge is 0.425 e. The monoisotopic (exact) mass is 449 g/mol. The first-order valence-electron chi connectivity index (χ1n) is 8.29. The minimum absolute atomic E-state index is 0.0576. The van der Waals surface area contributed by atoms with Crippen molar-refractivity contribution in [2.45, 2.75) is 24.2 Å². The fraction of sp³-hybridized carbons (Fsp3) is 0.294. The van der Waals surface area contributed by atoms with Crippen LogP contribution in [0.5, 0.6) is 0 Å². The summed E-state index contributed by atoms with van der Waals surface area (Å²) in [6.07, 6.45) is -7.28. The second-order valence-corrected chi connectivity index (χ2v) is 6.75. The van der Waals surface area contributed by atoms with Crippen molar-refractivity contribution in [1.82, 2.24) is 9.97 Å². The first-order chi connectivity index (χ1) is 14.0. The Kier molecular flexibility index (Phi) is 5.79. The maximum absolute atomic E-state index is 14.4. The van der Waals surface area contributed by atoms with E-state index >= 15 is 0 Å². The molecule has 0 aliphatic carbocycles. The molecule has 1 aliphatic heterocycles. The van der Waals surface area contributed by atoms with Crippen molar-refractivity contribution in [3.63, 3.8) is 0 Å². The first kappa shape index (κ1) is 21.7. The summed E-state index contributed by atoms with van der Waals surface area (Å²) in [4.78, 5) is 23.4. The highest BCUT2D eigenvalue weighted by molar-refractivity contribution is 6.30. The van der Waals surface area contributed by atoms with Crippen molar-refractivity contribution >= 4 is 29.3 Å². The Morgan fingerprint density at radius 2 is 2.07 bits per heavy atom. The van der Waals surface area contributed by atoms with Crippen molar-refractivity contribution in [2.75, 3.05) is 12.0 Å². The Morgan fingerprint density at radius 3 is 2.67 bits per heavy atom. The van der Waals surface area contributed by atoms with Crippen LogP contribution in [0.2, 0.25) is 5.02 Å². The molecule has 1 amide bonds. The number of pyridine rings is 2. The molecule has 0 saturated heterocycles. The zero-order valence-electron chi connectivity index (χ0n) is 14.9. The number of nitrogens with zero attached hydrogens (tertiary/aromatic N) is 3. The van der Waals surface area contributed by atoms with Crippen LogP contribution in [0.25, 0.3) is 0 Å². The molecule has 0 aromatic carbocycles. The molecule has 0 fully saturated rings. The fourth-order valence-electron chi connectivity index (χ4n) is 2.79. The Labute approximate surface area is 171 Å². The summed E-state index contributed by atoms with van der Waals surface area (Å²) in [5, 5.41) is 2.59. The number of rotatable bonds is 4. The highest BCUT2D eigenvalue weighted by atomic mass is 35.5. The van der Waals surface area contributed by atoms with Crippen molar-refractivity contribution in [3.8, 4) is 0 Å². The number of aliphatic imine (C=N–C) groups is 1. The Hall–Kier alpha value is -3.02. The van der Waals surface area contributed by atoms with Crippen molar-refractivity contribution < 1.29 is 31.5 Å². The van der Waals surface area contributed by atoms with Crippen molar-refractivity contribution in [2.24, 2.45) is 10.7 Å².